The van der Waals surface area contributed by atoms with Crippen LogP contribution in [0, 0.1) is 0 Å². The van der Waals surface area contributed by atoms with E-state index in [-0.39, 0.29) is 5.97 Å². The van der Waals surface area contributed by atoms with Crippen molar-refractivity contribution < 1.29 is 14.3 Å². The summed E-state index contributed by atoms with van der Waals surface area (Å²) in [4.78, 5) is 19.3. The maximum absolute atomic E-state index is 10.5. The van der Waals surface area contributed by atoms with Crippen molar-refractivity contribution in [2.24, 2.45) is 5.73 Å². The number of carbonyl (C=O) groups is 2. The minimum atomic E-state index is -0.310. The fraction of sp³-hybridized carbons (Fsp3) is 0.273. The Morgan fingerprint density at radius 2 is 1.87 bits per heavy atom. The van der Waals surface area contributed by atoms with Crippen molar-refractivity contribution in [3.05, 3.63) is 29.8 Å². The van der Waals surface area contributed by atoms with E-state index in [0.29, 0.717) is 12.3 Å². The van der Waals surface area contributed by atoms with Gasteiger partial charge in [0, 0.05) is 13.5 Å². The molecule has 1 aromatic rings. The normalized spacial score (nSPS) is 8.47. The second kappa shape index (κ2) is 7.70. The summed E-state index contributed by atoms with van der Waals surface area (Å²) >= 11 is 0. The molecule has 0 aliphatic rings. The van der Waals surface area contributed by atoms with Gasteiger partial charge in [0.05, 0.1) is 0 Å². The van der Waals surface area contributed by atoms with Crippen LogP contribution in [0.2, 0.25) is 0 Å². The van der Waals surface area contributed by atoms with Crippen molar-refractivity contribution in [1.29, 1.82) is 0 Å². The van der Waals surface area contributed by atoms with Gasteiger partial charge in [-0.3, -0.25) is 4.79 Å². The molecule has 4 nitrogen and oxygen atoms in total. The molecule has 0 bridgehead atoms. The molecular weight excluding hydrogens is 194 g/mol. The molecule has 2 N–H and O–H groups in total. The third-order valence-corrected chi connectivity index (χ3v) is 1.42. The fourth-order valence-electron chi connectivity index (χ4n) is 0.860. The minimum absolute atomic E-state index is 0.310. The van der Waals surface area contributed by atoms with Crippen LogP contribution in [-0.2, 0) is 16.1 Å². The van der Waals surface area contributed by atoms with Crippen molar-refractivity contribution in [3.8, 4) is 5.75 Å². The zero-order valence-corrected chi connectivity index (χ0v) is 8.90. The molecule has 0 aromatic heterocycles. The van der Waals surface area contributed by atoms with Gasteiger partial charge in [0.15, 0.2) is 0 Å². The average molecular weight is 209 g/mol. The third-order valence-electron chi connectivity index (χ3n) is 1.42. The van der Waals surface area contributed by atoms with E-state index in [0.717, 1.165) is 11.8 Å². The monoisotopic (exact) mass is 209 g/mol. The molecule has 0 aliphatic heterocycles. The van der Waals surface area contributed by atoms with Crippen LogP contribution in [0.3, 0.4) is 0 Å². The van der Waals surface area contributed by atoms with E-state index >= 15 is 0 Å². The van der Waals surface area contributed by atoms with Crippen LogP contribution in [0.5, 0.6) is 5.75 Å². The first kappa shape index (κ1) is 13.3. The maximum atomic E-state index is 10.5. The average Bonchev–Trinajstić information content (AvgIpc) is 2.19. The van der Waals surface area contributed by atoms with Gasteiger partial charge in [0.1, 0.15) is 12.0 Å². The van der Waals surface area contributed by atoms with Gasteiger partial charge in [-0.05, 0) is 24.6 Å². The minimum Gasteiger partial charge on any atom is -0.427 e. The molecule has 0 aliphatic carbocycles. The van der Waals surface area contributed by atoms with Gasteiger partial charge >= 0.3 is 5.97 Å². The summed E-state index contributed by atoms with van der Waals surface area (Å²) in [5.74, 6) is 0.246. The molecule has 0 amide bonds. The lowest BCUT2D eigenvalue weighted by Crippen LogP contribution is -2.01. The molecule has 0 radical (unpaired) electrons. The number of hydrogen-bond acceptors (Lipinski definition) is 4. The zero-order valence-electron chi connectivity index (χ0n) is 8.90. The van der Waals surface area contributed by atoms with Crippen LogP contribution in [-0.4, -0.2) is 12.3 Å². The van der Waals surface area contributed by atoms with E-state index in [1.807, 2.05) is 12.1 Å². The largest absolute Gasteiger partial charge is 0.427 e. The van der Waals surface area contributed by atoms with Gasteiger partial charge in [-0.25, -0.2) is 0 Å². The molecule has 15 heavy (non-hydrogen) atoms. The Bertz CT molecular complexity index is 306. The van der Waals surface area contributed by atoms with E-state index in [1.54, 1.807) is 12.1 Å². The molecule has 0 fully saturated rings. The molecule has 0 heterocycles. The van der Waals surface area contributed by atoms with Crippen LogP contribution >= 0.6 is 0 Å². The summed E-state index contributed by atoms with van der Waals surface area (Å²) in [7, 11) is 0. The van der Waals surface area contributed by atoms with Crippen LogP contribution in [0.4, 0.5) is 0 Å². The predicted octanol–water partition coefficient (Wildman–Crippen LogP) is 1.28. The summed E-state index contributed by atoms with van der Waals surface area (Å²) < 4.78 is 4.83. The van der Waals surface area contributed by atoms with Crippen molar-refractivity contribution in [1.82, 2.24) is 0 Å². The quantitative estimate of drug-likeness (QED) is 0.452. The van der Waals surface area contributed by atoms with E-state index in [1.165, 1.54) is 13.8 Å². The van der Waals surface area contributed by atoms with Crippen LogP contribution in [0.1, 0.15) is 19.4 Å². The van der Waals surface area contributed by atoms with E-state index < -0.39 is 0 Å². The summed E-state index contributed by atoms with van der Waals surface area (Å²) in [6, 6.07) is 7.11. The Balaban J connectivity index is 0.000000583. The molecule has 0 unspecified atom stereocenters. The van der Waals surface area contributed by atoms with Gasteiger partial charge in [-0.2, -0.15) is 0 Å². The lowest BCUT2D eigenvalue weighted by molar-refractivity contribution is -0.131. The number of esters is 1. The highest BCUT2D eigenvalue weighted by atomic mass is 16.5. The number of ether oxygens (including phenoxy) is 1. The molecule has 0 saturated heterocycles. The van der Waals surface area contributed by atoms with Crippen molar-refractivity contribution in [2.75, 3.05) is 0 Å². The van der Waals surface area contributed by atoms with Gasteiger partial charge in [-0.1, -0.05) is 12.1 Å². The summed E-state index contributed by atoms with van der Waals surface area (Å²) in [6.07, 6.45) is 0.750. The highest BCUT2D eigenvalue weighted by Gasteiger charge is 1.96. The van der Waals surface area contributed by atoms with Crippen LogP contribution in [0.15, 0.2) is 24.3 Å². The summed E-state index contributed by atoms with van der Waals surface area (Å²) in [5, 5.41) is 0. The smallest absolute Gasteiger partial charge is 0.308 e. The number of aldehydes is 1. The number of rotatable bonds is 2. The number of carbonyl (C=O) groups excluding carboxylic acids is 2. The Labute approximate surface area is 89.0 Å². The van der Waals surface area contributed by atoms with E-state index in [2.05, 4.69) is 0 Å². The molecule has 1 aromatic carbocycles. The number of nitrogens with two attached hydrogens (primary N) is 1. The zero-order chi connectivity index (χ0) is 11.7. The predicted molar refractivity (Wildman–Crippen MR) is 57.4 cm³/mol. The first-order chi connectivity index (χ1) is 7.13. The SMILES string of the molecule is CC(=O)Oc1ccc(CN)cc1.CC=O. The van der Waals surface area contributed by atoms with Gasteiger partial charge < -0.3 is 15.3 Å². The standard InChI is InChI=1S/C9H11NO2.C2H4O/c1-7(11)12-9-4-2-8(6-10)3-5-9;1-2-3/h2-5H,6,10H2,1H3;2H,1H3. The van der Waals surface area contributed by atoms with E-state index in [9.17, 15) is 4.79 Å². The van der Waals surface area contributed by atoms with Crippen LogP contribution in [0.25, 0.3) is 0 Å². The Hall–Kier alpha value is -1.68. The molecule has 4 heteroatoms. The Morgan fingerprint density at radius 1 is 1.40 bits per heavy atom. The lowest BCUT2D eigenvalue weighted by Gasteiger charge is -2.01. The summed E-state index contributed by atoms with van der Waals surface area (Å²) in [6.45, 7) is 3.32. The highest BCUT2D eigenvalue weighted by molar-refractivity contribution is 5.69. The molecule has 82 valence electrons. The topological polar surface area (TPSA) is 69.4 Å². The first-order valence-corrected chi connectivity index (χ1v) is 4.51. The van der Waals surface area contributed by atoms with Crippen molar-refractivity contribution >= 4 is 12.3 Å². The maximum Gasteiger partial charge on any atom is 0.308 e. The Morgan fingerprint density at radius 3 is 2.20 bits per heavy atom. The number of hydrogen-bond donors (Lipinski definition) is 1. The third kappa shape index (κ3) is 6.40. The highest BCUT2D eigenvalue weighted by Crippen LogP contribution is 2.11. The van der Waals surface area contributed by atoms with E-state index in [4.69, 9.17) is 15.3 Å². The van der Waals surface area contributed by atoms with Gasteiger partial charge in [-0.15, -0.1) is 0 Å². The fourth-order valence-corrected chi connectivity index (χ4v) is 0.860. The second-order valence-electron chi connectivity index (χ2n) is 2.68. The number of benzene rings is 1. The molecular formula is C11H15NO3. The second-order valence-corrected chi connectivity index (χ2v) is 2.68. The molecule has 1 rings (SSSR count). The molecule has 0 atom stereocenters. The first-order valence-electron chi connectivity index (χ1n) is 4.51. The lowest BCUT2D eigenvalue weighted by atomic mass is 10.2. The van der Waals surface area contributed by atoms with Gasteiger partial charge in [0.25, 0.3) is 0 Å². The van der Waals surface area contributed by atoms with Gasteiger partial charge in [0.2, 0.25) is 0 Å². The van der Waals surface area contributed by atoms with Crippen molar-refractivity contribution in [2.45, 2.75) is 20.4 Å². The molecule has 0 saturated carbocycles. The molecule has 0 spiro atoms. The summed E-state index contributed by atoms with van der Waals surface area (Å²) in [5.41, 5.74) is 6.41. The Kier molecular flexibility index (Phi) is 6.84. The van der Waals surface area contributed by atoms with Crippen molar-refractivity contribution in [3.63, 3.8) is 0 Å². The van der Waals surface area contributed by atoms with Crippen LogP contribution < -0.4 is 10.5 Å².